The van der Waals surface area contributed by atoms with Gasteiger partial charge in [-0.1, -0.05) is 0 Å². The van der Waals surface area contributed by atoms with Gasteiger partial charge in [-0.3, -0.25) is 10.2 Å². The Labute approximate surface area is 97.3 Å². The second-order valence-electron chi connectivity index (χ2n) is 3.32. The minimum Gasteiger partial charge on any atom is -0.395 e. The van der Waals surface area contributed by atoms with Crippen molar-refractivity contribution in [3.63, 3.8) is 0 Å². The molecule has 9 nitrogen and oxygen atoms in total. The molecule has 0 aliphatic rings. The summed E-state index contributed by atoms with van der Waals surface area (Å²) in [5, 5.41) is 53.7. The molecule has 0 aromatic carbocycles. The Kier molecular flexibility index (Phi) is 7.91. The molecule has 0 aliphatic heterocycles. The number of carbonyl (C=O) groups excluding carboxylic acids is 1. The van der Waals surface area contributed by atoms with E-state index in [1.165, 1.54) is 0 Å². The predicted octanol–water partition coefficient (Wildman–Crippen LogP) is -4.96. The first-order chi connectivity index (χ1) is 7.95. The largest absolute Gasteiger partial charge is 0.395 e. The average Bonchev–Trinajstić information content (AvgIpc) is 2.35. The van der Waals surface area contributed by atoms with Gasteiger partial charge >= 0.3 is 0 Å². The average molecular weight is 254 g/mol. The van der Waals surface area contributed by atoms with E-state index in [0.717, 1.165) is 0 Å². The van der Waals surface area contributed by atoms with Crippen LogP contribution in [0.15, 0.2) is 0 Å². The zero-order chi connectivity index (χ0) is 13.4. The van der Waals surface area contributed by atoms with Crippen LogP contribution in [0.25, 0.3) is 0 Å². The van der Waals surface area contributed by atoms with Crippen LogP contribution in [0.4, 0.5) is 0 Å². The number of nitrogens with one attached hydrogen (secondary N) is 2. The van der Waals surface area contributed by atoms with Crippen molar-refractivity contribution in [1.29, 1.82) is 0 Å². The lowest BCUT2D eigenvalue weighted by atomic mass is 10.0. The second-order valence-corrected chi connectivity index (χ2v) is 3.32. The minimum atomic E-state index is -1.99. The number of hydrazine groups is 1. The molecule has 0 saturated carbocycles. The van der Waals surface area contributed by atoms with Crippen LogP contribution in [0.5, 0.6) is 0 Å². The molecule has 0 aromatic heterocycles. The van der Waals surface area contributed by atoms with Gasteiger partial charge in [0.25, 0.3) is 5.91 Å². The molecular formula is C8H18N2O7. The molecule has 4 unspecified atom stereocenters. The zero-order valence-corrected chi connectivity index (χ0v) is 9.02. The SMILES string of the molecule is O=C(NNCCO)C(O)C(O)C(O)C(O)CO. The topological polar surface area (TPSA) is 163 Å². The predicted molar refractivity (Wildman–Crippen MR) is 54.3 cm³/mol. The number of aliphatic hydroxyl groups is 6. The number of hydrogen-bond acceptors (Lipinski definition) is 8. The van der Waals surface area contributed by atoms with E-state index >= 15 is 0 Å². The summed E-state index contributed by atoms with van der Waals surface area (Å²) in [7, 11) is 0. The summed E-state index contributed by atoms with van der Waals surface area (Å²) in [6.45, 7) is -1.03. The summed E-state index contributed by atoms with van der Waals surface area (Å²) in [6.07, 6.45) is -7.47. The van der Waals surface area contributed by atoms with Gasteiger partial charge in [0.1, 0.15) is 18.3 Å². The summed E-state index contributed by atoms with van der Waals surface area (Å²) < 4.78 is 0. The number of carbonyl (C=O) groups is 1. The van der Waals surface area contributed by atoms with E-state index < -0.39 is 36.9 Å². The van der Waals surface area contributed by atoms with Gasteiger partial charge in [0.2, 0.25) is 0 Å². The van der Waals surface area contributed by atoms with E-state index in [1.807, 2.05) is 5.43 Å². The molecule has 102 valence electrons. The van der Waals surface area contributed by atoms with Crippen LogP contribution >= 0.6 is 0 Å². The molecule has 17 heavy (non-hydrogen) atoms. The summed E-state index contributed by atoms with van der Waals surface area (Å²) in [5.41, 5.74) is 4.20. The highest BCUT2D eigenvalue weighted by atomic mass is 16.4. The van der Waals surface area contributed by atoms with Gasteiger partial charge < -0.3 is 30.6 Å². The van der Waals surface area contributed by atoms with Gasteiger partial charge in [-0.25, -0.2) is 5.43 Å². The molecule has 0 saturated heterocycles. The van der Waals surface area contributed by atoms with Crippen molar-refractivity contribution >= 4 is 5.91 Å². The highest BCUT2D eigenvalue weighted by Crippen LogP contribution is 2.04. The van der Waals surface area contributed by atoms with E-state index in [0.29, 0.717) is 0 Å². The molecule has 4 atom stereocenters. The van der Waals surface area contributed by atoms with Crippen LogP contribution < -0.4 is 10.9 Å². The van der Waals surface area contributed by atoms with Gasteiger partial charge in [0.05, 0.1) is 13.2 Å². The Bertz CT molecular complexity index is 228. The van der Waals surface area contributed by atoms with Gasteiger partial charge in [-0.2, -0.15) is 0 Å². The first-order valence-corrected chi connectivity index (χ1v) is 4.92. The van der Waals surface area contributed by atoms with Gasteiger partial charge in [-0.15, -0.1) is 0 Å². The highest BCUT2D eigenvalue weighted by Gasteiger charge is 2.33. The molecule has 9 heteroatoms. The van der Waals surface area contributed by atoms with Crippen LogP contribution in [-0.4, -0.2) is 80.7 Å². The first-order valence-electron chi connectivity index (χ1n) is 4.92. The molecule has 0 heterocycles. The zero-order valence-electron chi connectivity index (χ0n) is 9.02. The highest BCUT2D eigenvalue weighted by molar-refractivity contribution is 5.80. The van der Waals surface area contributed by atoms with Crippen LogP contribution in [0.2, 0.25) is 0 Å². The van der Waals surface area contributed by atoms with Crippen molar-refractivity contribution in [3.05, 3.63) is 0 Å². The maximum absolute atomic E-state index is 11.2. The van der Waals surface area contributed by atoms with E-state index in [-0.39, 0.29) is 13.2 Å². The number of hydrogen-bond donors (Lipinski definition) is 8. The summed E-state index contributed by atoms with van der Waals surface area (Å²) in [6, 6.07) is 0. The first kappa shape index (κ1) is 16.2. The third-order valence-corrected chi connectivity index (χ3v) is 1.97. The summed E-state index contributed by atoms with van der Waals surface area (Å²) >= 11 is 0. The fourth-order valence-corrected chi connectivity index (χ4v) is 0.957. The molecule has 1 amide bonds. The normalized spacial score (nSPS) is 18.2. The molecule has 0 radical (unpaired) electrons. The van der Waals surface area contributed by atoms with Gasteiger partial charge in [0.15, 0.2) is 6.10 Å². The van der Waals surface area contributed by atoms with Crippen molar-refractivity contribution in [2.75, 3.05) is 19.8 Å². The molecule has 0 bridgehead atoms. The van der Waals surface area contributed by atoms with Crippen molar-refractivity contribution in [3.8, 4) is 0 Å². The van der Waals surface area contributed by atoms with Crippen molar-refractivity contribution in [2.45, 2.75) is 24.4 Å². The minimum absolute atomic E-state index is 0.0381. The maximum Gasteiger partial charge on any atom is 0.265 e. The Hall–Kier alpha value is -0.810. The number of rotatable bonds is 8. The third-order valence-electron chi connectivity index (χ3n) is 1.97. The van der Waals surface area contributed by atoms with Crippen molar-refractivity contribution in [2.24, 2.45) is 0 Å². The monoisotopic (exact) mass is 254 g/mol. The van der Waals surface area contributed by atoms with Crippen molar-refractivity contribution in [1.82, 2.24) is 10.9 Å². The molecule has 0 rings (SSSR count). The van der Waals surface area contributed by atoms with Crippen LogP contribution in [-0.2, 0) is 4.79 Å². The molecule has 8 N–H and O–H groups in total. The van der Waals surface area contributed by atoms with Gasteiger partial charge in [-0.05, 0) is 0 Å². The number of aliphatic hydroxyl groups excluding tert-OH is 6. The molecule has 0 spiro atoms. The fourth-order valence-electron chi connectivity index (χ4n) is 0.957. The van der Waals surface area contributed by atoms with E-state index in [4.69, 9.17) is 15.3 Å². The molecule has 0 aliphatic carbocycles. The Morgan fingerprint density at radius 3 is 2.12 bits per heavy atom. The third kappa shape index (κ3) is 5.37. The van der Waals surface area contributed by atoms with Crippen molar-refractivity contribution < 1.29 is 35.4 Å². The van der Waals surface area contributed by atoms with E-state index in [9.17, 15) is 20.1 Å². The van der Waals surface area contributed by atoms with Gasteiger partial charge in [0, 0.05) is 6.54 Å². The number of amides is 1. The second kappa shape index (κ2) is 8.31. The van der Waals surface area contributed by atoms with E-state index in [1.54, 1.807) is 0 Å². The summed E-state index contributed by atoms with van der Waals surface area (Å²) in [4.78, 5) is 11.2. The molecule has 0 aromatic rings. The quantitative estimate of drug-likeness (QED) is 0.158. The molecule has 0 fully saturated rings. The fraction of sp³-hybridized carbons (Fsp3) is 0.875. The van der Waals surface area contributed by atoms with Crippen LogP contribution in [0.1, 0.15) is 0 Å². The standard InChI is InChI=1S/C8H18N2O7/c11-2-1-9-10-8(17)7(16)6(15)5(14)4(13)3-12/h4-7,9,11-16H,1-3H2,(H,10,17). The van der Waals surface area contributed by atoms with E-state index in [2.05, 4.69) is 5.43 Å². The molecular weight excluding hydrogens is 236 g/mol. The lowest BCUT2D eigenvalue weighted by Gasteiger charge is -2.24. The Balaban J connectivity index is 4.18. The smallest absolute Gasteiger partial charge is 0.265 e. The maximum atomic E-state index is 11.2. The lowest BCUT2D eigenvalue weighted by molar-refractivity contribution is -0.149. The van der Waals surface area contributed by atoms with Crippen LogP contribution in [0.3, 0.4) is 0 Å². The Morgan fingerprint density at radius 2 is 1.65 bits per heavy atom. The Morgan fingerprint density at radius 1 is 1.06 bits per heavy atom. The lowest BCUT2D eigenvalue weighted by Crippen LogP contribution is -2.54. The van der Waals surface area contributed by atoms with Crippen LogP contribution in [0, 0.1) is 0 Å². The summed E-state index contributed by atoms with van der Waals surface area (Å²) in [5.74, 6) is -1.05.